The number of rotatable bonds is 10. The maximum atomic E-state index is 13.4. The highest BCUT2D eigenvalue weighted by atomic mass is 16.6. The molecule has 3 aromatic carbocycles. The molecule has 0 fully saturated rings. The highest BCUT2D eigenvalue weighted by Crippen LogP contribution is 2.43. The maximum absolute atomic E-state index is 13.4. The van der Waals surface area contributed by atoms with Crippen LogP contribution in [0.25, 0.3) is 0 Å². The van der Waals surface area contributed by atoms with Crippen LogP contribution in [-0.4, -0.2) is 28.0 Å². The summed E-state index contributed by atoms with van der Waals surface area (Å²) in [5.74, 6) is -0.683. The average Bonchev–Trinajstić information content (AvgIpc) is 2.99. The number of nitrogens with zero attached hydrogens (tertiary/aromatic N) is 3. The van der Waals surface area contributed by atoms with Gasteiger partial charge in [0.25, 0.3) is 0 Å². The fraction of sp³-hybridized carbons (Fsp3) is 0.258. The molecule has 1 aliphatic carbocycles. The standard InChI is InChI=1S/C31H29N3O6/c1-38-29(35)31(18-10-16-24-15-8-9-17-25(24)31)19-26-27(34(36)37)28(39-20-22-11-4-2-5-12-22)33-30(32-26)40-21-23-13-6-3-7-14-23/h2-9,11-15,17H,10,16,18-21H2,1H3/t31-/m0/s1. The van der Waals surface area contributed by atoms with Gasteiger partial charge in [0.15, 0.2) is 0 Å². The van der Waals surface area contributed by atoms with Crippen LogP contribution in [0.3, 0.4) is 0 Å². The summed E-state index contributed by atoms with van der Waals surface area (Å²) < 4.78 is 17.1. The fourth-order valence-electron chi connectivity index (χ4n) is 5.25. The lowest BCUT2D eigenvalue weighted by Gasteiger charge is -2.36. The van der Waals surface area contributed by atoms with E-state index in [0.717, 1.165) is 35.1 Å². The van der Waals surface area contributed by atoms with Gasteiger partial charge in [-0.15, -0.1) is 0 Å². The topological polar surface area (TPSA) is 114 Å². The van der Waals surface area contributed by atoms with E-state index in [4.69, 9.17) is 14.2 Å². The van der Waals surface area contributed by atoms with E-state index < -0.39 is 22.0 Å². The molecule has 1 heterocycles. The number of fused-ring (bicyclic) bond motifs is 1. The van der Waals surface area contributed by atoms with Crippen LogP contribution < -0.4 is 9.47 Å². The Morgan fingerprint density at radius 3 is 2.17 bits per heavy atom. The Balaban J connectivity index is 1.59. The summed E-state index contributed by atoms with van der Waals surface area (Å²) in [6.45, 7) is 0.211. The van der Waals surface area contributed by atoms with Crippen LogP contribution >= 0.6 is 0 Å². The SMILES string of the molecule is COC(=O)[C@]1(Cc2nc(OCc3ccccc3)nc(OCc3ccccc3)c2[N+](=O)[O-])CCCc2ccccc21. The van der Waals surface area contributed by atoms with E-state index in [9.17, 15) is 14.9 Å². The Morgan fingerprint density at radius 2 is 1.52 bits per heavy atom. The molecule has 0 aliphatic heterocycles. The van der Waals surface area contributed by atoms with Gasteiger partial charge >= 0.3 is 23.5 Å². The summed E-state index contributed by atoms with van der Waals surface area (Å²) in [4.78, 5) is 34.1. The molecule has 40 heavy (non-hydrogen) atoms. The zero-order valence-corrected chi connectivity index (χ0v) is 22.1. The molecule has 0 spiro atoms. The largest absolute Gasteiger partial charge is 0.468 e. The van der Waals surface area contributed by atoms with Crippen molar-refractivity contribution in [2.75, 3.05) is 7.11 Å². The Morgan fingerprint density at radius 1 is 0.900 bits per heavy atom. The van der Waals surface area contributed by atoms with Crippen molar-refractivity contribution >= 4 is 11.7 Å². The minimum atomic E-state index is -1.16. The van der Waals surface area contributed by atoms with Gasteiger partial charge < -0.3 is 14.2 Å². The predicted molar refractivity (Wildman–Crippen MR) is 147 cm³/mol. The van der Waals surface area contributed by atoms with Crippen LogP contribution in [-0.2, 0) is 41.0 Å². The first-order valence-corrected chi connectivity index (χ1v) is 13.1. The van der Waals surface area contributed by atoms with E-state index >= 15 is 0 Å². The summed E-state index contributed by atoms with van der Waals surface area (Å²) in [5.41, 5.74) is 2.00. The molecule has 1 aromatic heterocycles. The second-order valence-corrected chi connectivity index (χ2v) is 9.67. The monoisotopic (exact) mass is 539 g/mol. The number of methoxy groups -OCH3 is 1. The number of hydrogen-bond donors (Lipinski definition) is 0. The Bertz CT molecular complexity index is 1500. The van der Waals surface area contributed by atoms with Gasteiger partial charge in [0.1, 0.15) is 18.9 Å². The lowest BCUT2D eigenvalue weighted by molar-refractivity contribution is -0.387. The maximum Gasteiger partial charge on any atom is 0.352 e. The van der Waals surface area contributed by atoms with Crippen LogP contribution in [0.1, 0.15) is 40.8 Å². The summed E-state index contributed by atoms with van der Waals surface area (Å²) >= 11 is 0. The van der Waals surface area contributed by atoms with E-state index in [0.29, 0.717) is 6.42 Å². The number of ether oxygens (including phenoxy) is 3. The van der Waals surface area contributed by atoms with Crippen molar-refractivity contribution in [1.82, 2.24) is 9.97 Å². The average molecular weight is 540 g/mol. The number of carbonyl (C=O) groups excluding carboxylic acids is 1. The van der Waals surface area contributed by atoms with E-state index in [1.165, 1.54) is 7.11 Å². The van der Waals surface area contributed by atoms with Crippen molar-refractivity contribution in [2.24, 2.45) is 0 Å². The molecule has 0 radical (unpaired) electrons. The molecule has 9 nitrogen and oxygen atoms in total. The lowest BCUT2D eigenvalue weighted by atomic mass is 9.67. The summed E-state index contributed by atoms with van der Waals surface area (Å²) in [6.07, 6.45) is 1.91. The third-order valence-corrected chi connectivity index (χ3v) is 7.14. The van der Waals surface area contributed by atoms with Crippen LogP contribution in [0.4, 0.5) is 5.69 Å². The molecule has 5 rings (SSSR count). The van der Waals surface area contributed by atoms with Gasteiger partial charge in [0.05, 0.1) is 17.4 Å². The molecule has 204 valence electrons. The summed E-state index contributed by atoms with van der Waals surface area (Å²) in [6, 6.07) is 26.3. The second kappa shape index (κ2) is 11.9. The number of benzene rings is 3. The van der Waals surface area contributed by atoms with Crippen molar-refractivity contribution in [3.63, 3.8) is 0 Å². The Labute approximate surface area is 231 Å². The van der Waals surface area contributed by atoms with Crippen molar-refractivity contribution in [2.45, 2.75) is 44.3 Å². The number of esters is 1. The number of hydrogen-bond acceptors (Lipinski definition) is 8. The fourth-order valence-corrected chi connectivity index (χ4v) is 5.25. The van der Waals surface area contributed by atoms with Crippen LogP contribution in [0.15, 0.2) is 84.9 Å². The summed E-state index contributed by atoms with van der Waals surface area (Å²) in [7, 11) is 1.33. The molecule has 0 amide bonds. The molecular weight excluding hydrogens is 510 g/mol. The highest BCUT2D eigenvalue weighted by molar-refractivity contribution is 5.84. The van der Waals surface area contributed by atoms with E-state index in [1.54, 1.807) is 0 Å². The molecular formula is C31H29N3O6. The van der Waals surface area contributed by atoms with Crippen LogP contribution in [0, 0.1) is 10.1 Å². The van der Waals surface area contributed by atoms with Crippen molar-refractivity contribution in [3.05, 3.63) is 123 Å². The van der Waals surface area contributed by atoms with E-state index in [2.05, 4.69) is 9.97 Å². The number of carbonyl (C=O) groups is 1. The van der Waals surface area contributed by atoms with E-state index in [-0.39, 0.29) is 37.2 Å². The second-order valence-electron chi connectivity index (χ2n) is 9.67. The summed E-state index contributed by atoms with van der Waals surface area (Å²) in [5, 5.41) is 12.5. The molecule has 0 bridgehead atoms. The smallest absolute Gasteiger partial charge is 0.352 e. The number of nitro groups is 1. The molecule has 0 N–H and O–H groups in total. The normalized spacial score (nSPS) is 16.0. The molecule has 4 aromatic rings. The van der Waals surface area contributed by atoms with Crippen molar-refractivity contribution in [3.8, 4) is 11.9 Å². The number of aromatic nitrogens is 2. The highest BCUT2D eigenvalue weighted by Gasteiger charge is 2.47. The van der Waals surface area contributed by atoms with Crippen molar-refractivity contribution in [1.29, 1.82) is 0 Å². The molecule has 0 unspecified atom stereocenters. The molecule has 0 saturated carbocycles. The van der Waals surface area contributed by atoms with Gasteiger partial charge in [0, 0.05) is 6.42 Å². The molecule has 0 saturated heterocycles. The third kappa shape index (κ3) is 5.63. The first-order chi connectivity index (χ1) is 19.5. The quantitative estimate of drug-likeness (QED) is 0.147. The van der Waals surface area contributed by atoms with Gasteiger partial charge in [-0.25, -0.2) is 0 Å². The molecule has 1 atom stereocenters. The van der Waals surface area contributed by atoms with Gasteiger partial charge in [-0.05, 0) is 41.5 Å². The first kappa shape index (κ1) is 26.8. The third-order valence-electron chi connectivity index (χ3n) is 7.14. The zero-order chi connectivity index (χ0) is 28.0. The minimum absolute atomic E-state index is 0.0493. The Kier molecular flexibility index (Phi) is 8.00. The van der Waals surface area contributed by atoms with Gasteiger partial charge in [-0.3, -0.25) is 14.9 Å². The van der Waals surface area contributed by atoms with Crippen molar-refractivity contribution < 1.29 is 23.9 Å². The van der Waals surface area contributed by atoms with Gasteiger partial charge in [-0.2, -0.15) is 9.97 Å². The van der Waals surface area contributed by atoms with Gasteiger partial charge in [0.2, 0.25) is 0 Å². The predicted octanol–water partition coefficient (Wildman–Crippen LogP) is 5.53. The number of aryl methyl sites for hydroxylation is 1. The Hall–Kier alpha value is -4.79. The first-order valence-electron chi connectivity index (χ1n) is 13.1. The minimum Gasteiger partial charge on any atom is -0.468 e. The molecule has 1 aliphatic rings. The van der Waals surface area contributed by atoms with E-state index in [1.807, 2.05) is 84.9 Å². The zero-order valence-electron chi connectivity index (χ0n) is 22.1. The van der Waals surface area contributed by atoms with Crippen LogP contribution in [0.5, 0.6) is 11.9 Å². The van der Waals surface area contributed by atoms with Gasteiger partial charge in [-0.1, -0.05) is 84.9 Å². The van der Waals surface area contributed by atoms with Crippen LogP contribution in [0.2, 0.25) is 0 Å². The lowest BCUT2D eigenvalue weighted by Crippen LogP contribution is -2.42. The molecule has 9 heteroatoms.